The van der Waals surface area contributed by atoms with Gasteiger partial charge in [0.1, 0.15) is 5.82 Å². The van der Waals surface area contributed by atoms with Crippen molar-refractivity contribution in [2.45, 2.75) is 25.9 Å². The van der Waals surface area contributed by atoms with Gasteiger partial charge in [-0.1, -0.05) is 12.1 Å². The molecule has 1 aromatic carbocycles. The molecule has 0 aliphatic rings. The molecule has 0 spiro atoms. The second-order valence-corrected chi connectivity index (χ2v) is 4.08. The molecule has 5 nitrogen and oxygen atoms in total. The summed E-state index contributed by atoms with van der Waals surface area (Å²) in [5.41, 5.74) is 11.5. The Morgan fingerprint density at radius 3 is 2.67 bits per heavy atom. The first-order valence-electron chi connectivity index (χ1n) is 5.46. The van der Waals surface area contributed by atoms with Crippen molar-refractivity contribution in [1.82, 2.24) is 5.32 Å². The molecule has 0 saturated carbocycles. The number of rotatable bonds is 5. The number of amides is 2. The van der Waals surface area contributed by atoms with Crippen LogP contribution in [0.5, 0.6) is 0 Å². The number of benzene rings is 1. The van der Waals surface area contributed by atoms with Crippen molar-refractivity contribution in [3.05, 3.63) is 35.1 Å². The first-order valence-corrected chi connectivity index (χ1v) is 5.46. The summed E-state index contributed by atoms with van der Waals surface area (Å²) >= 11 is 0. The maximum absolute atomic E-state index is 13.2. The number of nitrogens with two attached hydrogens (primary N) is 2. The summed E-state index contributed by atoms with van der Waals surface area (Å²) < 4.78 is 13.2. The Kier molecular flexibility index (Phi) is 4.79. The maximum Gasteiger partial charge on any atom is 0.237 e. The molecule has 0 heterocycles. The van der Waals surface area contributed by atoms with E-state index in [4.69, 9.17) is 11.5 Å². The van der Waals surface area contributed by atoms with Crippen LogP contribution in [-0.2, 0) is 16.1 Å². The zero-order valence-corrected chi connectivity index (χ0v) is 10.1. The molecule has 0 radical (unpaired) electrons. The highest BCUT2D eigenvalue weighted by molar-refractivity contribution is 5.87. The lowest BCUT2D eigenvalue weighted by Gasteiger charge is -2.10. The van der Waals surface area contributed by atoms with Crippen LogP contribution in [0.4, 0.5) is 4.39 Å². The highest BCUT2D eigenvalue weighted by Crippen LogP contribution is 2.08. The molecule has 0 aliphatic carbocycles. The molecule has 1 atom stereocenters. The summed E-state index contributed by atoms with van der Waals surface area (Å²) in [4.78, 5) is 22.0. The van der Waals surface area contributed by atoms with Gasteiger partial charge in [-0.05, 0) is 24.1 Å². The van der Waals surface area contributed by atoms with Crippen LogP contribution < -0.4 is 16.8 Å². The maximum atomic E-state index is 13.2. The number of hydrogen-bond acceptors (Lipinski definition) is 3. The predicted molar refractivity (Wildman–Crippen MR) is 64.8 cm³/mol. The highest BCUT2D eigenvalue weighted by atomic mass is 19.1. The van der Waals surface area contributed by atoms with Crippen molar-refractivity contribution in [3.63, 3.8) is 0 Å². The van der Waals surface area contributed by atoms with E-state index in [-0.39, 0.29) is 18.8 Å². The number of carbonyl (C=O) groups excluding carboxylic acids is 2. The highest BCUT2D eigenvalue weighted by Gasteiger charge is 2.15. The molecule has 98 valence electrons. The van der Waals surface area contributed by atoms with Gasteiger partial charge in [-0.15, -0.1) is 0 Å². The minimum atomic E-state index is -0.974. The van der Waals surface area contributed by atoms with E-state index in [0.717, 1.165) is 0 Å². The molecule has 0 fully saturated rings. The van der Waals surface area contributed by atoms with Gasteiger partial charge < -0.3 is 16.8 Å². The molecule has 0 saturated heterocycles. The molecular formula is C12H16FN3O2. The molecule has 2 amide bonds. The van der Waals surface area contributed by atoms with Crippen molar-refractivity contribution in [2.75, 3.05) is 0 Å². The minimum Gasteiger partial charge on any atom is -0.370 e. The molecule has 1 rings (SSSR count). The molecule has 0 aromatic heterocycles. The summed E-state index contributed by atoms with van der Waals surface area (Å²) in [5.74, 6) is -1.46. The van der Waals surface area contributed by atoms with E-state index in [1.54, 1.807) is 19.1 Å². The summed E-state index contributed by atoms with van der Waals surface area (Å²) in [6, 6.07) is 3.70. The van der Waals surface area contributed by atoms with E-state index < -0.39 is 17.9 Å². The molecule has 18 heavy (non-hydrogen) atoms. The van der Waals surface area contributed by atoms with Crippen LogP contribution >= 0.6 is 0 Å². The molecule has 1 aromatic rings. The lowest BCUT2D eigenvalue weighted by Crippen LogP contribution is -2.42. The van der Waals surface area contributed by atoms with E-state index >= 15 is 0 Å². The zero-order chi connectivity index (χ0) is 13.7. The van der Waals surface area contributed by atoms with Crippen molar-refractivity contribution in [2.24, 2.45) is 11.5 Å². The third-order valence-corrected chi connectivity index (χ3v) is 2.46. The van der Waals surface area contributed by atoms with Crippen molar-refractivity contribution < 1.29 is 14.0 Å². The van der Waals surface area contributed by atoms with E-state index in [1.165, 1.54) is 6.07 Å². The molecule has 1 unspecified atom stereocenters. The van der Waals surface area contributed by atoms with Crippen LogP contribution in [0.3, 0.4) is 0 Å². The lowest BCUT2D eigenvalue weighted by molar-refractivity contribution is -0.126. The average Bonchev–Trinajstić information content (AvgIpc) is 2.29. The quantitative estimate of drug-likeness (QED) is 0.686. The third kappa shape index (κ3) is 4.14. The van der Waals surface area contributed by atoms with Gasteiger partial charge in [0.15, 0.2) is 0 Å². The number of aryl methyl sites for hydroxylation is 1. The van der Waals surface area contributed by atoms with Gasteiger partial charge in [0.05, 0.1) is 12.5 Å². The van der Waals surface area contributed by atoms with Crippen molar-refractivity contribution >= 4 is 11.8 Å². The first kappa shape index (κ1) is 14.1. The van der Waals surface area contributed by atoms with Crippen LogP contribution in [0.25, 0.3) is 0 Å². The average molecular weight is 253 g/mol. The van der Waals surface area contributed by atoms with Gasteiger partial charge in [0.25, 0.3) is 0 Å². The Bertz CT molecular complexity index is 463. The third-order valence-electron chi connectivity index (χ3n) is 2.46. The topological polar surface area (TPSA) is 98.2 Å². The SMILES string of the molecule is Cc1ccc(CNC(=O)C(N)CC(N)=O)cc1F. The summed E-state index contributed by atoms with van der Waals surface area (Å²) in [7, 11) is 0. The van der Waals surface area contributed by atoms with Gasteiger partial charge >= 0.3 is 0 Å². The molecule has 0 aliphatic heterocycles. The fourth-order valence-corrected chi connectivity index (χ4v) is 1.38. The Morgan fingerprint density at radius 1 is 1.44 bits per heavy atom. The molecule has 6 heteroatoms. The van der Waals surface area contributed by atoms with Crippen LogP contribution in [0.2, 0.25) is 0 Å². The van der Waals surface area contributed by atoms with E-state index in [1.807, 2.05) is 0 Å². The monoisotopic (exact) mass is 253 g/mol. The number of hydrogen-bond donors (Lipinski definition) is 3. The van der Waals surface area contributed by atoms with Gasteiger partial charge in [0, 0.05) is 6.54 Å². The summed E-state index contributed by atoms with van der Waals surface area (Å²) in [6.07, 6.45) is -0.214. The number of nitrogens with one attached hydrogen (secondary N) is 1. The standard InChI is InChI=1S/C12H16FN3O2/c1-7-2-3-8(4-9(7)13)6-16-12(18)10(14)5-11(15)17/h2-4,10H,5-6,14H2,1H3,(H2,15,17)(H,16,18). The second-order valence-electron chi connectivity index (χ2n) is 4.08. The van der Waals surface area contributed by atoms with E-state index in [2.05, 4.69) is 5.32 Å². The van der Waals surface area contributed by atoms with Crippen LogP contribution in [-0.4, -0.2) is 17.9 Å². The van der Waals surface area contributed by atoms with Gasteiger partial charge in [-0.25, -0.2) is 4.39 Å². The zero-order valence-electron chi connectivity index (χ0n) is 10.1. The number of primary amides is 1. The smallest absolute Gasteiger partial charge is 0.237 e. The van der Waals surface area contributed by atoms with Crippen LogP contribution in [0.1, 0.15) is 17.5 Å². The van der Waals surface area contributed by atoms with E-state index in [0.29, 0.717) is 11.1 Å². The van der Waals surface area contributed by atoms with E-state index in [9.17, 15) is 14.0 Å². The number of halogens is 1. The normalized spacial score (nSPS) is 11.9. The van der Waals surface area contributed by atoms with Crippen molar-refractivity contribution in [1.29, 1.82) is 0 Å². The fourth-order valence-electron chi connectivity index (χ4n) is 1.38. The predicted octanol–water partition coefficient (Wildman–Crippen LogP) is -0.0470. The van der Waals surface area contributed by atoms with Crippen LogP contribution in [0.15, 0.2) is 18.2 Å². The van der Waals surface area contributed by atoms with Crippen LogP contribution in [0, 0.1) is 12.7 Å². The first-order chi connectivity index (χ1) is 8.40. The Hall–Kier alpha value is -1.95. The van der Waals surface area contributed by atoms with Crippen molar-refractivity contribution in [3.8, 4) is 0 Å². The van der Waals surface area contributed by atoms with Gasteiger partial charge in [0.2, 0.25) is 11.8 Å². The fraction of sp³-hybridized carbons (Fsp3) is 0.333. The second kappa shape index (κ2) is 6.11. The molecule has 5 N–H and O–H groups in total. The molecular weight excluding hydrogens is 237 g/mol. The lowest BCUT2D eigenvalue weighted by atomic mass is 10.1. The van der Waals surface area contributed by atoms with Gasteiger partial charge in [-0.2, -0.15) is 0 Å². The Labute approximate surface area is 104 Å². The summed E-state index contributed by atoms with van der Waals surface area (Å²) in [5, 5.41) is 2.51. The Morgan fingerprint density at radius 2 is 2.11 bits per heavy atom. The Balaban J connectivity index is 2.52. The number of carbonyl (C=O) groups is 2. The van der Waals surface area contributed by atoms with Gasteiger partial charge in [-0.3, -0.25) is 9.59 Å². The minimum absolute atomic E-state index is 0.155. The molecule has 0 bridgehead atoms. The summed E-state index contributed by atoms with van der Waals surface area (Å²) in [6.45, 7) is 1.81. The largest absolute Gasteiger partial charge is 0.370 e.